The quantitative estimate of drug-likeness (QED) is 0.454. The maximum Gasteiger partial charge on any atom is 0.259 e. The molecule has 4 aromatic rings. The average molecular weight is 408 g/mol. The second-order valence-corrected chi connectivity index (χ2v) is 6.95. The first-order valence-electron chi connectivity index (χ1n) is 9.77. The monoisotopic (exact) mass is 408 g/mol. The minimum Gasteiger partial charge on any atom is -0.495 e. The molecule has 0 saturated heterocycles. The molecule has 0 bridgehead atoms. The van der Waals surface area contributed by atoms with Gasteiger partial charge in [0.2, 0.25) is 0 Å². The molecule has 0 heterocycles. The number of anilines is 1. The molecular weight excluding hydrogens is 388 g/mol. The molecule has 0 aliphatic carbocycles. The Labute approximate surface area is 180 Å². The van der Waals surface area contributed by atoms with Crippen molar-refractivity contribution in [1.82, 2.24) is 0 Å². The van der Waals surface area contributed by atoms with Crippen LogP contribution in [0.3, 0.4) is 0 Å². The molecule has 31 heavy (non-hydrogen) atoms. The van der Waals surface area contributed by atoms with Crippen LogP contribution in [0.1, 0.15) is 21.5 Å². The zero-order chi connectivity index (χ0) is 21.6. The van der Waals surface area contributed by atoms with Crippen LogP contribution in [0.15, 0.2) is 84.9 Å². The summed E-state index contributed by atoms with van der Waals surface area (Å²) in [6, 6.07) is 28.0. The first-order chi connectivity index (χ1) is 15.2. The highest BCUT2D eigenvalue weighted by atomic mass is 16.5. The first-order valence-corrected chi connectivity index (χ1v) is 9.77. The summed E-state index contributed by atoms with van der Waals surface area (Å²) in [4.78, 5) is 13.2. The van der Waals surface area contributed by atoms with Gasteiger partial charge in [-0.2, -0.15) is 5.26 Å². The van der Waals surface area contributed by atoms with Crippen molar-refractivity contribution in [2.75, 3.05) is 12.4 Å². The van der Waals surface area contributed by atoms with Gasteiger partial charge < -0.3 is 14.8 Å². The van der Waals surface area contributed by atoms with Gasteiger partial charge in [-0.05, 0) is 52.7 Å². The molecule has 4 aromatic carbocycles. The number of carbonyl (C=O) groups excluding carboxylic acids is 1. The summed E-state index contributed by atoms with van der Waals surface area (Å²) in [5, 5.41) is 13.8. The molecule has 0 unspecified atom stereocenters. The Morgan fingerprint density at radius 3 is 2.29 bits per heavy atom. The van der Waals surface area contributed by atoms with Crippen molar-refractivity contribution < 1.29 is 14.3 Å². The number of hydrogen-bond donors (Lipinski definition) is 1. The van der Waals surface area contributed by atoms with Crippen molar-refractivity contribution in [3.05, 3.63) is 102 Å². The fourth-order valence-electron chi connectivity index (χ4n) is 3.29. The fourth-order valence-corrected chi connectivity index (χ4v) is 3.29. The molecule has 1 amide bonds. The van der Waals surface area contributed by atoms with E-state index in [0.717, 1.165) is 16.3 Å². The fraction of sp³-hybridized carbons (Fsp3) is 0.0769. The third-order valence-corrected chi connectivity index (χ3v) is 4.93. The predicted molar refractivity (Wildman–Crippen MR) is 120 cm³/mol. The van der Waals surface area contributed by atoms with Gasteiger partial charge in [-0.3, -0.25) is 4.79 Å². The zero-order valence-electron chi connectivity index (χ0n) is 17.0. The van der Waals surface area contributed by atoms with Crippen LogP contribution in [-0.2, 0) is 6.61 Å². The average Bonchev–Trinajstić information content (AvgIpc) is 2.82. The van der Waals surface area contributed by atoms with E-state index in [2.05, 4.69) is 11.4 Å². The van der Waals surface area contributed by atoms with E-state index in [1.165, 1.54) is 0 Å². The maximum absolute atomic E-state index is 13.2. The van der Waals surface area contributed by atoms with Crippen LogP contribution in [0.5, 0.6) is 11.5 Å². The molecular formula is C26H20N2O3. The predicted octanol–water partition coefficient (Wildman–Crippen LogP) is 5.55. The number of methoxy groups -OCH3 is 1. The molecule has 1 N–H and O–H groups in total. The highest BCUT2D eigenvalue weighted by Crippen LogP contribution is 2.29. The van der Waals surface area contributed by atoms with Crippen LogP contribution in [0.4, 0.5) is 5.69 Å². The summed E-state index contributed by atoms with van der Waals surface area (Å²) in [5.74, 6) is 0.775. The highest BCUT2D eigenvalue weighted by molar-refractivity contribution is 6.09. The van der Waals surface area contributed by atoms with Crippen molar-refractivity contribution in [1.29, 1.82) is 5.26 Å². The molecule has 152 valence electrons. The van der Waals surface area contributed by atoms with E-state index in [0.29, 0.717) is 28.3 Å². The van der Waals surface area contributed by atoms with E-state index in [4.69, 9.17) is 14.7 Å². The van der Waals surface area contributed by atoms with E-state index in [9.17, 15) is 4.79 Å². The Balaban J connectivity index is 1.65. The number of hydrogen-bond acceptors (Lipinski definition) is 4. The Morgan fingerprint density at radius 1 is 0.903 bits per heavy atom. The lowest BCUT2D eigenvalue weighted by atomic mass is 10.0. The number of amides is 1. The smallest absolute Gasteiger partial charge is 0.259 e. The number of nitrogens with one attached hydrogen (secondary N) is 1. The molecule has 0 aromatic heterocycles. The van der Waals surface area contributed by atoms with E-state index in [1.54, 1.807) is 31.4 Å². The van der Waals surface area contributed by atoms with Gasteiger partial charge in [0.05, 0.1) is 30.0 Å². The second kappa shape index (κ2) is 9.02. The summed E-state index contributed by atoms with van der Waals surface area (Å²) < 4.78 is 11.4. The molecule has 4 rings (SSSR count). The molecule has 0 aliphatic rings. The second-order valence-electron chi connectivity index (χ2n) is 6.95. The van der Waals surface area contributed by atoms with E-state index < -0.39 is 0 Å². The van der Waals surface area contributed by atoms with Crippen LogP contribution in [-0.4, -0.2) is 13.0 Å². The summed E-state index contributed by atoms with van der Waals surface area (Å²) >= 11 is 0. The number of rotatable bonds is 6. The Kier molecular flexibility index (Phi) is 5.82. The molecule has 0 fully saturated rings. The molecule has 0 radical (unpaired) electrons. The van der Waals surface area contributed by atoms with Crippen LogP contribution in [0.25, 0.3) is 10.8 Å². The molecule has 5 heteroatoms. The summed E-state index contributed by atoms with van der Waals surface area (Å²) in [5.41, 5.74) is 2.51. The Bertz CT molecular complexity index is 1270. The van der Waals surface area contributed by atoms with Gasteiger partial charge in [0.15, 0.2) is 0 Å². The lowest BCUT2D eigenvalue weighted by molar-refractivity contribution is 0.102. The van der Waals surface area contributed by atoms with Crippen molar-refractivity contribution in [2.45, 2.75) is 6.61 Å². The van der Waals surface area contributed by atoms with Crippen LogP contribution >= 0.6 is 0 Å². The van der Waals surface area contributed by atoms with Crippen molar-refractivity contribution in [3.63, 3.8) is 0 Å². The topological polar surface area (TPSA) is 71.3 Å². The standard InChI is InChI=1S/C26H20N2O3/c1-30-24-9-5-4-8-23(24)28-26(29)22-14-20-6-2-3-7-21(20)15-25(22)31-17-19-12-10-18(16-27)11-13-19/h2-15H,17H2,1H3,(H,28,29). The zero-order valence-corrected chi connectivity index (χ0v) is 17.0. The van der Waals surface area contributed by atoms with Gasteiger partial charge in [0.25, 0.3) is 5.91 Å². The van der Waals surface area contributed by atoms with Crippen LogP contribution in [0.2, 0.25) is 0 Å². The van der Waals surface area contributed by atoms with Crippen molar-refractivity contribution in [2.24, 2.45) is 0 Å². The van der Waals surface area contributed by atoms with Crippen molar-refractivity contribution in [3.8, 4) is 17.6 Å². The third kappa shape index (κ3) is 4.49. The van der Waals surface area contributed by atoms with Gasteiger partial charge >= 0.3 is 0 Å². The number of ether oxygens (including phenoxy) is 2. The summed E-state index contributed by atoms with van der Waals surface area (Å²) in [7, 11) is 1.56. The molecule has 5 nitrogen and oxygen atoms in total. The normalized spacial score (nSPS) is 10.3. The molecule has 0 atom stereocenters. The number of carbonyl (C=O) groups is 1. The van der Waals surface area contributed by atoms with Crippen LogP contribution in [0, 0.1) is 11.3 Å². The van der Waals surface area contributed by atoms with Gasteiger partial charge in [-0.25, -0.2) is 0 Å². The lowest BCUT2D eigenvalue weighted by Crippen LogP contribution is -2.14. The number of nitrogens with zero attached hydrogens (tertiary/aromatic N) is 1. The Hall–Kier alpha value is -4.30. The van der Waals surface area contributed by atoms with E-state index >= 15 is 0 Å². The number of nitriles is 1. The van der Waals surface area contributed by atoms with Gasteiger partial charge in [-0.1, -0.05) is 48.5 Å². The molecule has 0 aliphatic heterocycles. The lowest BCUT2D eigenvalue weighted by Gasteiger charge is -2.15. The van der Waals surface area contributed by atoms with Gasteiger partial charge in [-0.15, -0.1) is 0 Å². The minimum atomic E-state index is -0.287. The van der Waals surface area contributed by atoms with Crippen LogP contribution < -0.4 is 14.8 Å². The molecule has 0 spiro atoms. The third-order valence-electron chi connectivity index (χ3n) is 4.93. The largest absolute Gasteiger partial charge is 0.495 e. The van der Waals surface area contributed by atoms with E-state index in [1.807, 2.05) is 60.7 Å². The summed E-state index contributed by atoms with van der Waals surface area (Å²) in [6.07, 6.45) is 0. The first kappa shape index (κ1) is 20.0. The maximum atomic E-state index is 13.2. The minimum absolute atomic E-state index is 0.277. The number of benzene rings is 4. The highest BCUT2D eigenvalue weighted by Gasteiger charge is 2.16. The summed E-state index contributed by atoms with van der Waals surface area (Å²) in [6.45, 7) is 0.277. The number of para-hydroxylation sites is 2. The van der Waals surface area contributed by atoms with Gasteiger partial charge in [0.1, 0.15) is 18.1 Å². The Morgan fingerprint density at radius 2 is 1.58 bits per heavy atom. The van der Waals surface area contributed by atoms with E-state index in [-0.39, 0.29) is 12.5 Å². The molecule has 0 saturated carbocycles. The van der Waals surface area contributed by atoms with Crippen molar-refractivity contribution >= 4 is 22.4 Å². The van der Waals surface area contributed by atoms with Gasteiger partial charge in [0, 0.05) is 0 Å². The number of fused-ring (bicyclic) bond motifs is 1. The SMILES string of the molecule is COc1ccccc1NC(=O)c1cc2ccccc2cc1OCc1ccc(C#N)cc1.